The van der Waals surface area contributed by atoms with E-state index in [-0.39, 0.29) is 6.04 Å². The molecule has 2 aromatic rings. The first-order valence-electron chi connectivity index (χ1n) is 6.80. The third kappa shape index (κ3) is 2.87. The van der Waals surface area contributed by atoms with Crippen LogP contribution in [-0.2, 0) is 0 Å². The molecule has 0 aliphatic rings. The summed E-state index contributed by atoms with van der Waals surface area (Å²) in [6.07, 6.45) is 1.83. The lowest BCUT2D eigenvalue weighted by atomic mass is 9.98. The number of rotatable bonds is 4. The third-order valence-corrected chi connectivity index (χ3v) is 3.33. The standard InChI is InChI=1S/C16H22N2O/c1-6-17-13(5)16-18-9-14(19-16)15-11(3)7-10(2)8-12(15)4/h7-9,13,17H,6H2,1-5H3. The van der Waals surface area contributed by atoms with Crippen LogP contribution in [0.5, 0.6) is 0 Å². The van der Waals surface area contributed by atoms with Gasteiger partial charge in [-0.05, 0) is 45.4 Å². The molecular weight excluding hydrogens is 236 g/mol. The molecular formula is C16H22N2O. The van der Waals surface area contributed by atoms with E-state index < -0.39 is 0 Å². The highest BCUT2D eigenvalue weighted by Crippen LogP contribution is 2.30. The average Bonchev–Trinajstić information content (AvgIpc) is 2.77. The normalized spacial score (nSPS) is 12.7. The Morgan fingerprint density at radius 2 is 1.84 bits per heavy atom. The topological polar surface area (TPSA) is 38.1 Å². The second-order valence-corrected chi connectivity index (χ2v) is 5.12. The number of aromatic nitrogens is 1. The van der Waals surface area contributed by atoms with Gasteiger partial charge in [0, 0.05) is 5.56 Å². The molecule has 1 heterocycles. The minimum absolute atomic E-state index is 0.143. The molecule has 1 unspecified atom stereocenters. The van der Waals surface area contributed by atoms with Gasteiger partial charge in [-0.3, -0.25) is 0 Å². The number of aryl methyl sites for hydroxylation is 3. The second kappa shape index (κ2) is 5.57. The first-order chi connectivity index (χ1) is 9.02. The van der Waals surface area contributed by atoms with Gasteiger partial charge in [-0.15, -0.1) is 0 Å². The fraction of sp³-hybridized carbons (Fsp3) is 0.438. The second-order valence-electron chi connectivity index (χ2n) is 5.12. The van der Waals surface area contributed by atoms with Crippen molar-refractivity contribution in [1.82, 2.24) is 10.3 Å². The van der Waals surface area contributed by atoms with Crippen LogP contribution in [0.3, 0.4) is 0 Å². The van der Waals surface area contributed by atoms with Crippen LogP contribution in [0.2, 0.25) is 0 Å². The molecule has 1 aromatic carbocycles. The van der Waals surface area contributed by atoms with Gasteiger partial charge in [-0.1, -0.05) is 24.6 Å². The molecule has 19 heavy (non-hydrogen) atoms. The fourth-order valence-electron chi connectivity index (χ4n) is 2.57. The molecule has 2 rings (SSSR count). The number of hydrogen-bond donors (Lipinski definition) is 1. The summed E-state index contributed by atoms with van der Waals surface area (Å²) in [4.78, 5) is 4.39. The minimum Gasteiger partial charge on any atom is -0.439 e. The van der Waals surface area contributed by atoms with E-state index in [1.54, 1.807) is 0 Å². The Kier molecular flexibility index (Phi) is 4.05. The van der Waals surface area contributed by atoms with Gasteiger partial charge in [0.1, 0.15) is 0 Å². The van der Waals surface area contributed by atoms with E-state index in [9.17, 15) is 0 Å². The molecule has 1 atom stereocenters. The van der Waals surface area contributed by atoms with Crippen LogP contribution in [0.25, 0.3) is 11.3 Å². The number of oxazole rings is 1. The Labute approximate surface area is 115 Å². The zero-order chi connectivity index (χ0) is 14.0. The summed E-state index contributed by atoms with van der Waals surface area (Å²) >= 11 is 0. The van der Waals surface area contributed by atoms with Gasteiger partial charge in [0.2, 0.25) is 5.89 Å². The molecule has 0 saturated carbocycles. The predicted octanol–water partition coefficient (Wildman–Crippen LogP) is 3.94. The van der Waals surface area contributed by atoms with Crippen molar-refractivity contribution >= 4 is 0 Å². The Bertz CT molecular complexity index is 549. The third-order valence-electron chi connectivity index (χ3n) is 3.33. The van der Waals surface area contributed by atoms with E-state index in [1.165, 1.54) is 16.7 Å². The van der Waals surface area contributed by atoms with Gasteiger partial charge in [-0.2, -0.15) is 0 Å². The summed E-state index contributed by atoms with van der Waals surface area (Å²) in [5.41, 5.74) is 4.90. The summed E-state index contributed by atoms with van der Waals surface area (Å²) < 4.78 is 5.91. The fourth-order valence-corrected chi connectivity index (χ4v) is 2.57. The van der Waals surface area contributed by atoms with Crippen LogP contribution in [-0.4, -0.2) is 11.5 Å². The molecule has 0 spiro atoms. The predicted molar refractivity (Wildman–Crippen MR) is 78.2 cm³/mol. The average molecular weight is 258 g/mol. The minimum atomic E-state index is 0.143. The molecule has 3 heteroatoms. The molecule has 102 valence electrons. The lowest BCUT2D eigenvalue weighted by molar-refractivity contribution is 0.428. The Morgan fingerprint density at radius 3 is 2.42 bits per heavy atom. The highest BCUT2D eigenvalue weighted by Gasteiger charge is 2.15. The van der Waals surface area contributed by atoms with Gasteiger partial charge in [-0.25, -0.2) is 4.98 Å². The van der Waals surface area contributed by atoms with Crippen molar-refractivity contribution in [2.75, 3.05) is 6.54 Å². The van der Waals surface area contributed by atoms with Crippen molar-refractivity contribution in [3.63, 3.8) is 0 Å². The number of benzene rings is 1. The van der Waals surface area contributed by atoms with Gasteiger partial charge < -0.3 is 9.73 Å². The largest absolute Gasteiger partial charge is 0.439 e. The Morgan fingerprint density at radius 1 is 1.21 bits per heavy atom. The molecule has 0 aliphatic carbocycles. The van der Waals surface area contributed by atoms with E-state index in [1.807, 2.05) is 6.20 Å². The van der Waals surface area contributed by atoms with Crippen molar-refractivity contribution in [3.8, 4) is 11.3 Å². The van der Waals surface area contributed by atoms with Crippen LogP contribution in [0.4, 0.5) is 0 Å². The smallest absolute Gasteiger partial charge is 0.211 e. The van der Waals surface area contributed by atoms with E-state index >= 15 is 0 Å². The monoisotopic (exact) mass is 258 g/mol. The SMILES string of the molecule is CCNC(C)c1ncc(-c2c(C)cc(C)cc2C)o1. The summed E-state index contributed by atoms with van der Waals surface area (Å²) in [5, 5.41) is 3.31. The van der Waals surface area contributed by atoms with E-state index in [0.29, 0.717) is 0 Å². The first kappa shape index (κ1) is 13.8. The van der Waals surface area contributed by atoms with Gasteiger partial charge in [0.25, 0.3) is 0 Å². The van der Waals surface area contributed by atoms with E-state index in [2.05, 4.69) is 57.1 Å². The van der Waals surface area contributed by atoms with Crippen molar-refractivity contribution in [1.29, 1.82) is 0 Å². The molecule has 0 radical (unpaired) electrons. The zero-order valence-corrected chi connectivity index (χ0v) is 12.4. The van der Waals surface area contributed by atoms with Gasteiger partial charge in [0.15, 0.2) is 5.76 Å². The van der Waals surface area contributed by atoms with Crippen LogP contribution in [0.15, 0.2) is 22.7 Å². The summed E-state index contributed by atoms with van der Waals surface area (Å²) in [6, 6.07) is 4.50. The van der Waals surface area contributed by atoms with E-state index in [0.717, 1.165) is 23.8 Å². The lowest BCUT2D eigenvalue weighted by Gasteiger charge is -2.09. The molecule has 1 aromatic heterocycles. The van der Waals surface area contributed by atoms with Crippen molar-refractivity contribution in [2.24, 2.45) is 0 Å². The molecule has 0 amide bonds. The molecule has 3 nitrogen and oxygen atoms in total. The highest BCUT2D eigenvalue weighted by molar-refractivity contribution is 5.66. The van der Waals surface area contributed by atoms with Crippen molar-refractivity contribution in [2.45, 2.75) is 40.7 Å². The number of nitrogens with zero attached hydrogens (tertiary/aromatic N) is 1. The maximum Gasteiger partial charge on any atom is 0.211 e. The quantitative estimate of drug-likeness (QED) is 0.902. The molecule has 0 bridgehead atoms. The first-order valence-corrected chi connectivity index (χ1v) is 6.80. The van der Waals surface area contributed by atoms with Gasteiger partial charge in [0.05, 0.1) is 12.2 Å². The number of hydrogen-bond acceptors (Lipinski definition) is 3. The maximum atomic E-state index is 5.91. The Hall–Kier alpha value is -1.61. The maximum absolute atomic E-state index is 5.91. The zero-order valence-electron chi connectivity index (χ0n) is 12.4. The molecule has 1 N–H and O–H groups in total. The van der Waals surface area contributed by atoms with Crippen molar-refractivity contribution < 1.29 is 4.42 Å². The van der Waals surface area contributed by atoms with E-state index in [4.69, 9.17) is 4.42 Å². The van der Waals surface area contributed by atoms with Crippen molar-refractivity contribution in [3.05, 3.63) is 40.9 Å². The Balaban J connectivity index is 2.38. The van der Waals surface area contributed by atoms with Crippen LogP contribution in [0.1, 0.15) is 42.5 Å². The summed E-state index contributed by atoms with van der Waals surface area (Å²) in [5.74, 6) is 1.60. The molecule has 0 fully saturated rings. The lowest BCUT2D eigenvalue weighted by Crippen LogP contribution is -2.17. The molecule has 0 saturated heterocycles. The summed E-state index contributed by atoms with van der Waals surface area (Å²) in [6.45, 7) is 11.4. The van der Waals surface area contributed by atoms with Crippen LogP contribution in [0, 0.1) is 20.8 Å². The van der Waals surface area contributed by atoms with Crippen LogP contribution < -0.4 is 5.32 Å². The molecule has 0 aliphatic heterocycles. The number of nitrogens with one attached hydrogen (secondary N) is 1. The van der Waals surface area contributed by atoms with Gasteiger partial charge >= 0.3 is 0 Å². The highest BCUT2D eigenvalue weighted by atomic mass is 16.4. The summed E-state index contributed by atoms with van der Waals surface area (Å²) in [7, 11) is 0. The van der Waals surface area contributed by atoms with Crippen LogP contribution >= 0.6 is 0 Å².